The maximum atomic E-state index is 13.5. The quantitative estimate of drug-likeness (QED) is 0.754. The van der Waals surface area contributed by atoms with Crippen LogP contribution in [0.3, 0.4) is 0 Å². The van der Waals surface area contributed by atoms with Crippen molar-refractivity contribution in [3.05, 3.63) is 34.6 Å². The number of aryl methyl sites for hydroxylation is 2. The van der Waals surface area contributed by atoms with Crippen molar-refractivity contribution in [1.29, 1.82) is 0 Å². The van der Waals surface area contributed by atoms with E-state index in [1.807, 2.05) is 6.92 Å². The van der Waals surface area contributed by atoms with Gasteiger partial charge in [-0.1, -0.05) is 25.5 Å². The number of rotatable bonds is 6. The lowest BCUT2D eigenvalue weighted by Crippen LogP contribution is -2.45. The normalized spacial score (nSPS) is 11.8. The molecule has 0 heterocycles. The number of amides is 2. The third-order valence-corrected chi connectivity index (χ3v) is 3.13. The summed E-state index contributed by atoms with van der Waals surface area (Å²) in [6.07, 6.45) is 1.03. The summed E-state index contributed by atoms with van der Waals surface area (Å²) in [5.41, 5.74) is 1.80. The number of carboxylic acid groups (broad SMARTS) is 1. The molecule has 21 heavy (non-hydrogen) atoms. The molecule has 0 saturated heterocycles. The molecule has 0 saturated carbocycles. The van der Waals surface area contributed by atoms with Crippen molar-refractivity contribution in [2.45, 2.75) is 46.2 Å². The second-order valence-corrected chi connectivity index (χ2v) is 5.05. The molecule has 6 heteroatoms. The number of hydrogen-bond donors (Lipinski definition) is 3. The third kappa shape index (κ3) is 5.06. The Morgan fingerprint density at radius 3 is 2.33 bits per heavy atom. The van der Waals surface area contributed by atoms with E-state index in [0.29, 0.717) is 24.0 Å². The number of carboxylic acids is 1. The first-order valence-electron chi connectivity index (χ1n) is 6.88. The van der Waals surface area contributed by atoms with E-state index in [-0.39, 0.29) is 12.4 Å². The molecule has 2 amide bonds. The van der Waals surface area contributed by atoms with E-state index in [2.05, 4.69) is 10.6 Å². The van der Waals surface area contributed by atoms with Crippen molar-refractivity contribution in [3.63, 3.8) is 0 Å². The first kappa shape index (κ1) is 16.9. The van der Waals surface area contributed by atoms with E-state index in [9.17, 15) is 14.0 Å². The lowest BCUT2D eigenvalue weighted by atomic mass is 10.1. The van der Waals surface area contributed by atoms with Crippen molar-refractivity contribution in [2.75, 3.05) is 0 Å². The summed E-state index contributed by atoms with van der Waals surface area (Å²) in [5.74, 6) is -1.31. The van der Waals surface area contributed by atoms with Crippen LogP contribution in [0.1, 0.15) is 36.5 Å². The van der Waals surface area contributed by atoms with Gasteiger partial charge in [-0.25, -0.2) is 14.0 Å². The summed E-state index contributed by atoms with van der Waals surface area (Å²) in [7, 11) is 0. The van der Waals surface area contributed by atoms with Gasteiger partial charge in [0.05, 0.1) is 0 Å². The van der Waals surface area contributed by atoms with Crippen LogP contribution >= 0.6 is 0 Å². The van der Waals surface area contributed by atoms with Crippen molar-refractivity contribution in [2.24, 2.45) is 0 Å². The van der Waals surface area contributed by atoms with E-state index in [4.69, 9.17) is 5.11 Å². The Balaban J connectivity index is 2.58. The molecule has 1 aromatic rings. The van der Waals surface area contributed by atoms with Gasteiger partial charge in [-0.3, -0.25) is 0 Å². The monoisotopic (exact) mass is 296 g/mol. The average molecular weight is 296 g/mol. The summed E-state index contributed by atoms with van der Waals surface area (Å²) >= 11 is 0. The zero-order chi connectivity index (χ0) is 16.0. The van der Waals surface area contributed by atoms with E-state index in [0.717, 1.165) is 5.56 Å². The standard InChI is InChI=1S/C15H21FN2O3/c1-4-5-12(14(19)20)18-15(21)17-8-11-6-9(2)13(16)10(3)7-11/h6-7,12H,4-5,8H2,1-3H3,(H,19,20)(H2,17,18,21). The second-order valence-electron chi connectivity index (χ2n) is 5.05. The van der Waals surface area contributed by atoms with Crippen molar-refractivity contribution in [3.8, 4) is 0 Å². The fourth-order valence-electron chi connectivity index (χ4n) is 2.08. The molecule has 0 radical (unpaired) electrons. The highest BCUT2D eigenvalue weighted by Gasteiger charge is 2.18. The summed E-state index contributed by atoms with van der Waals surface area (Å²) in [6, 6.07) is 1.87. The Bertz CT molecular complexity index is 509. The predicted molar refractivity (Wildman–Crippen MR) is 77.6 cm³/mol. The van der Waals surface area contributed by atoms with Crippen LogP contribution in [0.15, 0.2) is 12.1 Å². The van der Waals surface area contributed by atoms with Crippen LogP contribution in [0.5, 0.6) is 0 Å². The van der Waals surface area contributed by atoms with Crippen LogP contribution in [-0.2, 0) is 11.3 Å². The molecule has 0 fully saturated rings. The maximum Gasteiger partial charge on any atom is 0.326 e. The maximum absolute atomic E-state index is 13.5. The molecule has 0 aliphatic carbocycles. The SMILES string of the molecule is CCCC(NC(=O)NCc1cc(C)c(F)c(C)c1)C(=O)O. The van der Waals surface area contributed by atoms with Gasteiger partial charge >= 0.3 is 12.0 Å². The van der Waals surface area contributed by atoms with Crippen molar-refractivity contribution < 1.29 is 19.1 Å². The lowest BCUT2D eigenvalue weighted by Gasteiger charge is -2.14. The fraction of sp³-hybridized carbons (Fsp3) is 0.467. The highest BCUT2D eigenvalue weighted by atomic mass is 19.1. The van der Waals surface area contributed by atoms with Gasteiger partial charge < -0.3 is 15.7 Å². The molecule has 0 spiro atoms. The molecule has 0 bridgehead atoms. The highest BCUT2D eigenvalue weighted by Crippen LogP contribution is 2.14. The lowest BCUT2D eigenvalue weighted by molar-refractivity contribution is -0.139. The van der Waals surface area contributed by atoms with E-state index < -0.39 is 18.0 Å². The van der Waals surface area contributed by atoms with Gasteiger partial charge in [0.25, 0.3) is 0 Å². The number of hydrogen-bond acceptors (Lipinski definition) is 2. The second kappa shape index (κ2) is 7.61. The Kier molecular flexibility index (Phi) is 6.14. The minimum Gasteiger partial charge on any atom is -0.480 e. The molecule has 1 unspecified atom stereocenters. The van der Waals surface area contributed by atoms with Gasteiger partial charge in [0, 0.05) is 6.54 Å². The van der Waals surface area contributed by atoms with E-state index >= 15 is 0 Å². The summed E-state index contributed by atoms with van der Waals surface area (Å²) in [6.45, 7) is 5.38. The fourth-order valence-corrected chi connectivity index (χ4v) is 2.08. The molecule has 1 atom stereocenters. The third-order valence-electron chi connectivity index (χ3n) is 3.13. The zero-order valence-electron chi connectivity index (χ0n) is 12.5. The minimum atomic E-state index is -1.06. The topological polar surface area (TPSA) is 78.4 Å². The number of carbonyl (C=O) groups is 2. The molecule has 0 aliphatic heterocycles. The molecule has 3 N–H and O–H groups in total. The van der Waals surface area contributed by atoms with Crippen LogP contribution in [0.25, 0.3) is 0 Å². The average Bonchev–Trinajstić information content (AvgIpc) is 2.41. The van der Waals surface area contributed by atoms with Gasteiger partial charge in [-0.05, 0) is 37.0 Å². The Morgan fingerprint density at radius 1 is 1.29 bits per heavy atom. The number of benzene rings is 1. The van der Waals surface area contributed by atoms with E-state index in [1.165, 1.54) is 0 Å². The summed E-state index contributed by atoms with van der Waals surface area (Å²) in [4.78, 5) is 22.6. The number of nitrogens with one attached hydrogen (secondary N) is 2. The van der Waals surface area contributed by atoms with Crippen LogP contribution in [0.4, 0.5) is 9.18 Å². The number of carbonyl (C=O) groups excluding carboxylic acids is 1. The van der Waals surface area contributed by atoms with Crippen LogP contribution in [0.2, 0.25) is 0 Å². The number of halogens is 1. The largest absolute Gasteiger partial charge is 0.480 e. The smallest absolute Gasteiger partial charge is 0.326 e. The summed E-state index contributed by atoms with van der Waals surface area (Å²) in [5, 5.41) is 13.9. The van der Waals surface area contributed by atoms with Crippen molar-refractivity contribution in [1.82, 2.24) is 10.6 Å². The Hall–Kier alpha value is -2.11. The number of aliphatic carboxylic acids is 1. The molecule has 1 rings (SSSR count). The molecule has 1 aromatic carbocycles. The zero-order valence-corrected chi connectivity index (χ0v) is 12.5. The van der Waals surface area contributed by atoms with E-state index in [1.54, 1.807) is 26.0 Å². The van der Waals surface area contributed by atoms with Crippen LogP contribution in [-0.4, -0.2) is 23.1 Å². The minimum absolute atomic E-state index is 0.215. The van der Waals surface area contributed by atoms with Crippen LogP contribution in [0, 0.1) is 19.7 Å². The molecule has 0 aromatic heterocycles. The van der Waals surface area contributed by atoms with Crippen molar-refractivity contribution >= 4 is 12.0 Å². The molecule has 0 aliphatic rings. The van der Waals surface area contributed by atoms with Gasteiger partial charge in [0.1, 0.15) is 11.9 Å². The van der Waals surface area contributed by atoms with Gasteiger partial charge in [0.15, 0.2) is 0 Å². The molecule has 5 nitrogen and oxygen atoms in total. The number of urea groups is 1. The first-order valence-corrected chi connectivity index (χ1v) is 6.88. The summed E-state index contributed by atoms with van der Waals surface area (Å²) < 4.78 is 13.5. The highest BCUT2D eigenvalue weighted by molar-refractivity contribution is 5.82. The van der Waals surface area contributed by atoms with Gasteiger partial charge in [0.2, 0.25) is 0 Å². The van der Waals surface area contributed by atoms with Gasteiger partial charge in [-0.2, -0.15) is 0 Å². The Labute approximate surface area is 123 Å². The molecule has 116 valence electrons. The first-order chi connectivity index (χ1) is 9.85. The molecular formula is C15H21FN2O3. The molecular weight excluding hydrogens is 275 g/mol. The Morgan fingerprint density at radius 2 is 1.86 bits per heavy atom. The van der Waals surface area contributed by atoms with Crippen LogP contribution < -0.4 is 10.6 Å². The predicted octanol–water partition coefficient (Wildman–Crippen LogP) is 2.50. The van der Waals surface area contributed by atoms with Gasteiger partial charge in [-0.15, -0.1) is 0 Å².